The second-order valence-electron chi connectivity index (χ2n) is 13.1. The highest BCUT2D eigenvalue weighted by Crippen LogP contribution is 2.52. The van der Waals surface area contributed by atoms with Crippen LogP contribution >= 0.6 is 0 Å². The van der Waals surface area contributed by atoms with Gasteiger partial charge >= 0.3 is 0 Å². The number of hydrogen-bond acceptors (Lipinski definition) is 5. The van der Waals surface area contributed by atoms with Gasteiger partial charge in [0.05, 0.1) is 17.9 Å². The summed E-state index contributed by atoms with van der Waals surface area (Å²) in [5.41, 5.74) is 4.63. The van der Waals surface area contributed by atoms with Gasteiger partial charge in [0.25, 0.3) is 0 Å². The predicted molar refractivity (Wildman–Crippen MR) is 162 cm³/mol. The van der Waals surface area contributed by atoms with E-state index in [0.29, 0.717) is 6.42 Å². The highest BCUT2D eigenvalue weighted by molar-refractivity contribution is 7.89. The lowest BCUT2D eigenvalue weighted by molar-refractivity contribution is -0.121. The van der Waals surface area contributed by atoms with Crippen LogP contribution in [0.1, 0.15) is 30.4 Å². The minimum atomic E-state index is -3.81. The highest BCUT2D eigenvalue weighted by atomic mass is 32.2. The van der Waals surface area contributed by atoms with Crippen LogP contribution in [0.5, 0.6) is 0 Å². The summed E-state index contributed by atoms with van der Waals surface area (Å²) in [7, 11) is -9.80. The highest BCUT2D eigenvalue weighted by Gasteiger charge is 2.55. The second kappa shape index (κ2) is 9.84. The van der Waals surface area contributed by atoms with Gasteiger partial charge in [-0.3, -0.25) is 4.79 Å². The first-order valence-electron chi connectivity index (χ1n) is 14.4. The van der Waals surface area contributed by atoms with E-state index >= 15 is 0 Å². The predicted octanol–water partition coefficient (Wildman–Crippen LogP) is 4.85. The van der Waals surface area contributed by atoms with E-state index in [2.05, 4.69) is 19.6 Å². The van der Waals surface area contributed by atoms with Crippen molar-refractivity contribution in [3.63, 3.8) is 0 Å². The van der Waals surface area contributed by atoms with E-state index in [1.807, 2.05) is 26.0 Å². The standard InChI is InChI=1S/C31H38N2O5S2Si/c1-20-9-13-22(14-10-20)39(35,36)32-17-25-26-19-33(40(37,38)23-15-11-21(2)12-16-23)28-8-6-7-24(29(26)28)30(34)31(27(25)18-32)41(3,4)5/h9-16,24,28-29H,6-8,17-19H2,1-5H3/t24-,28+,29+/m1/s1. The Balaban J connectivity index is 1.51. The Labute approximate surface area is 245 Å². The topological polar surface area (TPSA) is 91.8 Å². The number of hydrogen-bond donors (Lipinski definition) is 0. The van der Waals surface area contributed by atoms with E-state index in [-0.39, 0.29) is 53.1 Å². The molecule has 2 aromatic rings. The van der Waals surface area contributed by atoms with Crippen LogP contribution in [0, 0.1) is 25.7 Å². The van der Waals surface area contributed by atoms with Crippen LogP contribution in [0.25, 0.3) is 0 Å². The smallest absolute Gasteiger partial charge is 0.243 e. The lowest BCUT2D eigenvalue weighted by Crippen LogP contribution is -2.45. The fourth-order valence-electron chi connectivity index (χ4n) is 7.37. The fourth-order valence-corrected chi connectivity index (χ4v) is 12.5. The average molecular weight is 611 g/mol. The zero-order valence-electron chi connectivity index (χ0n) is 24.3. The summed E-state index contributed by atoms with van der Waals surface area (Å²) in [6.45, 7) is 10.8. The molecule has 218 valence electrons. The molecule has 6 rings (SSSR count). The summed E-state index contributed by atoms with van der Waals surface area (Å²) >= 11 is 0. The number of carbonyl (C=O) groups excluding carboxylic acids is 1. The molecule has 3 atom stereocenters. The van der Waals surface area contributed by atoms with Gasteiger partial charge in [-0.2, -0.15) is 8.61 Å². The van der Waals surface area contributed by atoms with Crippen molar-refractivity contribution in [3.8, 4) is 0 Å². The van der Waals surface area contributed by atoms with Crippen molar-refractivity contribution in [3.05, 3.63) is 81.6 Å². The van der Waals surface area contributed by atoms with Gasteiger partial charge in [-0.05, 0) is 72.9 Å². The monoisotopic (exact) mass is 610 g/mol. The summed E-state index contributed by atoms with van der Waals surface area (Å²) in [5.74, 6) is -0.376. The molecule has 0 N–H and O–H groups in total. The molecule has 2 saturated heterocycles. The van der Waals surface area contributed by atoms with E-state index in [0.717, 1.165) is 45.9 Å². The maximum absolute atomic E-state index is 14.4. The molecule has 0 bridgehead atoms. The Hall–Kier alpha value is -2.37. The molecule has 41 heavy (non-hydrogen) atoms. The first-order chi connectivity index (χ1) is 19.2. The van der Waals surface area contributed by atoms with Crippen molar-refractivity contribution in [2.75, 3.05) is 19.6 Å². The van der Waals surface area contributed by atoms with Crippen LogP contribution in [0.2, 0.25) is 19.6 Å². The lowest BCUT2D eigenvalue weighted by atomic mass is 9.72. The molecule has 2 aromatic carbocycles. The SMILES string of the molecule is Cc1ccc(S(=O)(=O)N2CC3=C4CN(S(=O)(=O)c5ccc(C)cc5)[C@H]5CCC[C@@H](C(=O)C([Si](C)(C)C)=C3C2)[C@@H]45)cc1. The van der Waals surface area contributed by atoms with Crippen molar-refractivity contribution in [2.24, 2.45) is 11.8 Å². The maximum atomic E-state index is 14.4. The largest absolute Gasteiger partial charge is 0.295 e. The number of aryl methyl sites for hydroxylation is 2. The Morgan fingerprint density at radius 3 is 1.83 bits per heavy atom. The summed E-state index contributed by atoms with van der Waals surface area (Å²) < 4.78 is 58.8. The molecular formula is C31H38N2O5S2Si. The zero-order chi connectivity index (χ0) is 29.5. The average Bonchev–Trinajstić information content (AvgIpc) is 3.49. The van der Waals surface area contributed by atoms with Gasteiger partial charge in [0.1, 0.15) is 0 Å². The van der Waals surface area contributed by atoms with Gasteiger partial charge in [-0.15, -0.1) is 0 Å². The Morgan fingerprint density at radius 2 is 1.27 bits per heavy atom. The first kappa shape index (κ1) is 28.7. The second-order valence-corrected chi connectivity index (χ2v) is 21.9. The molecule has 0 aromatic heterocycles. The number of rotatable bonds is 5. The van der Waals surface area contributed by atoms with Crippen molar-refractivity contribution in [1.29, 1.82) is 0 Å². The number of nitrogens with zero attached hydrogens (tertiary/aromatic N) is 2. The Kier molecular flexibility index (Phi) is 6.90. The molecule has 0 amide bonds. The molecule has 1 saturated carbocycles. The molecule has 10 heteroatoms. The van der Waals surface area contributed by atoms with Crippen LogP contribution in [-0.4, -0.2) is 65.0 Å². The summed E-state index contributed by atoms with van der Waals surface area (Å²) in [5, 5.41) is 0.842. The number of ketones is 1. The van der Waals surface area contributed by atoms with Crippen LogP contribution in [0.3, 0.4) is 0 Å². The fraction of sp³-hybridized carbons (Fsp3) is 0.452. The normalized spacial score (nSPS) is 25.9. The van der Waals surface area contributed by atoms with Crippen LogP contribution in [0.4, 0.5) is 0 Å². The van der Waals surface area contributed by atoms with Gasteiger partial charge in [-0.1, -0.05) is 61.5 Å². The first-order valence-corrected chi connectivity index (χ1v) is 20.7. The lowest BCUT2D eigenvalue weighted by Gasteiger charge is -2.37. The molecule has 7 nitrogen and oxygen atoms in total. The molecule has 0 unspecified atom stereocenters. The molecule has 2 heterocycles. The van der Waals surface area contributed by atoms with E-state index in [4.69, 9.17) is 0 Å². The van der Waals surface area contributed by atoms with Crippen molar-refractivity contribution < 1.29 is 21.6 Å². The third-order valence-corrected chi connectivity index (χ3v) is 15.0. The number of benzene rings is 2. The summed E-state index contributed by atoms with van der Waals surface area (Å²) in [6, 6.07) is 13.5. The summed E-state index contributed by atoms with van der Waals surface area (Å²) in [4.78, 5) is 14.9. The molecule has 3 fully saturated rings. The quantitative estimate of drug-likeness (QED) is 0.452. The molecule has 4 aliphatic rings. The van der Waals surface area contributed by atoms with Gasteiger partial charge in [0, 0.05) is 37.5 Å². The van der Waals surface area contributed by atoms with Crippen molar-refractivity contribution in [2.45, 2.75) is 68.6 Å². The Bertz CT molecular complexity index is 1700. The number of sulfonamides is 2. The molecule has 0 radical (unpaired) electrons. The minimum Gasteiger partial charge on any atom is -0.295 e. The van der Waals surface area contributed by atoms with Crippen molar-refractivity contribution >= 4 is 33.9 Å². The van der Waals surface area contributed by atoms with E-state index < -0.39 is 28.1 Å². The zero-order valence-corrected chi connectivity index (χ0v) is 27.0. The van der Waals surface area contributed by atoms with Crippen LogP contribution in [-0.2, 0) is 24.8 Å². The van der Waals surface area contributed by atoms with E-state index in [9.17, 15) is 21.6 Å². The maximum Gasteiger partial charge on any atom is 0.243 e. The van der Waals surface area contributed by atoms with Crippen LogP contribution < -0.4 is 0 Å². The Morgan fingerprint density at radius 1 is 0.732 bits per heavy atom. The number of Topliss-reactive ketones (excluding diaryl/α,β-unsaturated/α-hetero) is 1. The third kappa shape index (κ3) is 4.62. The van der Waals surface area contributed by atoms with E-state index in [1.165, 1.54) is 4.31 Å². The number of fused-ring (bicyclic) bond motifs is 1. The number of allylic oxidation sites excluding steroid dienone is 1. The van der Waals surface area contributed by atoms with E-state index in [1.54, 1.807) is 40.7 Å². The van der Waals surface area contributed by atoms with Gasteiger partial charge < -0.3 is 0 Å². The molecule has 2 aliphatic heterocycles. The van der Waals surface area contributed by atoms with Gasteiger partial charge in [0.15, 0.2) is 5.78 Å². The minimum absolute atomic E-state index is 0.116. The number of carbonyl (C=O) groups is 1. The van der Waals surface area contributed by atoms with Gasteiger partial charge in [-0.25, -0.2) is 16.8 Å². The molecule has 0 spiro atoms. The van der Waals surface area contributed by atoms with Crippen LogP contribution in [0.15, 0.2) is 80.2 Å². The summed E-state index contributed by atoms with van der Waals surface area (Å²) in [6.07, 6.45) is 2.23. The third-order valence-electron chi connectivity index (χ3n) is 9.30. The molecular weight excluding hydrogens is 573 g/mol. The molecule has 2 aliphatic carbocycles. The van der Waals surface area contributed by atoms with Gasteiger partial charge in [0.2, 0.25) is 20.0 Å². The van der Waals surface area contributed by atoms with Crippen molar-refractivity contribution in [1.82, 2.24) is 8.61 Å².